The Labute approximate surface area is 237 Å². The lowest BCUT2D eigenvalue weighted by Gasteiger charge is -2.27. The summed E-state index contributed by atoms with van der Waals surface area (Å²) >= 11 is 0. The summed E-state index contributed by atoms with van der Waals surface area (Å²) in [6.07, 6.45) is 0.939. The second-order valence-electron chi connectivity index (χ2n) is 10.00. The van der Waals surface area contributed by atoms with Gasteiger partial charge in [-0.3, -0.25) is 0 Å². The molecule has 0 amide bonds. The van der Waals surface area contributed by atoms with E-state index >= 15 is 0 Å². The third-order valence-corrected chi connectivity index (χ3v) is 7.27. The van der Waals surface area contributed by atoms with Gasteiger partial charge in [-0.05, 0) is 83.3 Å². The van der Waals surface area contributed by atoms with E-state index in [0.717, 1.165) is 34.9 Å². The van der Waals surface area contributed by atoms with Crippen LogP contribution in [0.25, 0.3) is 11.1 Å². The van der Waals surface area contributed by atoms with Crippen LogP contribution in [0.4, 0.5) is 28.4 Å². The first-order valence-corrected chi connectivity index (χ1v) is 13.7. The second-order valence-corrected chi connectivity index (χ2v) is 10.00. The second kappa shape index (κ2) is 11.8. The quantitative estimate of drug-likeness (QED) is 0.199. The zero-order valence-electron chi connectivity index (χ0n) is 22.7. The molecule has 0 aromatic heterocycles. The Balaban J connectivity index is 1.25. The summed E-state index contributed by atoms with van der Waals surface area (Å²) in [6, 6.07) is 58.1. The van der Waals surface area contributed by atoms with Crippen molar-refractivity contribution < 1.29 is 0 Å². The molecule has 0 radical (unpaired) electrons. The lowest BCUT2D eigenvalue weighted by atomic mass is 9.99. The minimum Gasteiger partial charge on any atom is -0.345 e. The summed E-state index contributed by atoms with van der Waals surface area (Å²) < 4.78 is 0. The van der Waals surface area contributed by atoms with Crippen LogP contribution in [0.15, 0.2) is 164 Å². The van der Waals surface area contributed by atoms with Crippen LogP contribution in [0.1, 0.15) is 11.1 Å². The third-order valence-electron chi connectivity index (χ3n) is 7.27. The molecule has 0 fully saturated rings. The van der Waals surface area contributed by atoms with Crippen LogP contribution in [-0.2, 0) is 6.42 Å². The van der Waals surface area contributed by atoms with Crippen molar-refractivity contribution in [3.05, 3.63) is 175 Å². The highest BCUT2D eigenvalue weighted by atomic mass is 15.2. The molecule has 0 heterocycles. The summed E-state index contributed by atoms with van der Waals surface area (Å²) in [6.45, 7) is 0. The van der Waals surface area contributed by atoms with Crippen LogP contribution in [0, 0.1) is 0 Å². The van der Waals surface area contributed by atoms with Crippen LogP contribution in [0.5, 0.6) is 0 Å². The number of anilines is 5. The predicted octanol–water partition coefficient (Wildman–Crippen LogP) is 10.2. The van der Waals surface area contributed by atoms with E-state index in [1.54, 1.807) is 0 Å². The highest BCUT2D eigenvalue weighted by molar-refractivity contribution is 5.79. The Morgan fingerprint density at radius 2 is 0.900 bits per heavy atom. The summed E-state index contributed by atoms with van der Waals surface area (Å²) in [7, 11) is 2.13. The molecule has 6 rings (SSSR count). The van der Waals surface area contributed by atoms with Gasteiger partial charge in [0, 0.05) is 35.5 Å². The van der Waals surface area contributed by atoms with E-state index in [1.807, 2.05) is 0 Å². The number of rotatable bonds is 8. The Hall–Kier alpha value is -5.08. The Kier molecular flexibility index (Phi) is 7.41. The van der Waals surface area contributed by atoms with Crippen molar-refractivity contribution in [1.82, 2.24) is 0 Å². The van der Waals surface area contributed by atoms with Crippen LogP contribution in [-0.4, -0.2) is 7.05 Å². The van der Waals surface area contributed by atoms with E-state index in [4.69, 9.17) is 0 Å². The van der Waals surface area contributed by atoms with Crippen molar-refractivity contribution in [2.75, 3.05) is 16.8 Å². The molecule has 2 nitrogen and oxygen atoms in total. The van der Waals surface area contributed by atoms with Crippen LogP contribution in [0.2, 0.25) is 0 Å². The molecule has 0 bridgehead atoms. The molecule has 0 unspecified atom stereocenters. The van der Waals surface area contributed by atoms with E-state index in [9.17, 15) is 0 Å². The Morgan fingerprint density at radius 3 is 1.55 bits per heavy atom. The van der Waals surface area contributed by atoms with Gasteiger partial charge < -0.3 is 9.80 Å². The average Bonchev–Trinajstić information content (AvgIpc) is 3.03. The van der Waals surface area contributed by atoms with Crippen molar-refractivity contribution in [2.45, 2.75) is 6.42 Å². The standard InChI is InChI=1S/C38H32N2/c1-39(34-25-23-32(24-26-34)33-16-11-15-31(28-33)27-30-13-5-2-6-14-30)37-21-12-22-38(29-37)40(35-17-7-3-8-18-35)36-19-9-4-10-20-36/h2-26,28-29H,27H2,1H3. The van der Waals surface area contributed by atoms with Gasteiger partial charge in [0.25, 0.3) is 0 Å². The van der Waals surface area contributed by atoms with E-state index < -0.39 is 0 Å². The smallest absolute Gasteiger partial charge is 0.0482 e. The molecular weight excluding hydrogens is 484 g/mol. The minimum atomic E-state index is 0.939. The van der Waals surface area contributed by atoms with E-state index in [-0.39, 0.29) is 0 Å². The summed E-state index contributed by atoms with van der Waals surface area (Å²) in [4.78, 5) is 4.54. The van der Waals surface area contributed by atoms with Gasteiger partial charge in [-0.1, -0.05) is 109 Å². The number of para-hydroxylation sites is 2. The molecule has 0 atom stereocenters. The molecule has 0 aliphatic rings. The molecule has 6 aromatic rings. The van der Waals surface area contributed by atoms with Crippen LogP contribution in [0.3, 0.4) is 0 Å². The van der Waals surface area contributed by atoms with Crippen molar-refractivity contribution in [3.63, 3.8) is 0 Å². The number of hydrogen-bond acceptors (Lipinski definition) is 2. The van der Waals surface area contributed by atoms with Crippen molar-refractivity contribution in [1.29, 1.82) is 0 Å². The maximum atomic E-state index is 2.30. The van der Waals surface area contributed by atoms with Crippen LogP contribution < -0.4 is 9.80 Å². The molecule has 40 heavy (non-hydrogen) atoms. The lowest BCUT2D eigenvalue weighted by molar-refractivity contribution is 1.19. The fourth-order valence-corrected chi connectivity index (χ4v) is 5.16. The Morgan fingerprint density at radius 1 is 0.375 bits per heavy atom. The molecule has 0 spiro atoms. The van der Waals surface area contributed by atoms with Crippen molar-refractivity contribution in [3.8, 4) is 11.1 Å². The molecule has 0 saturated heterocycles. The van der Waals surface area contributed by atoms with Gasteiger partial charge in [0.15, 0.2) is 0 Å². The van der Waals surface area contributed by atoms with Crippen LogP contribution >= 0.6 is 0 Å². The molecule has 0 aliphatic heterocycles. The predicted molar refractivity (Wildman–Crippen MR) is 170 cm³/mol. The number of benzene rings is 6. The summed E-state index contributed by atoms with van der Waals surface area (Å²) in [5, 5.41) is 0. The minimum absolute atomic E-state index is 0.939. The van der Waals surface area contributed by atoms with Gasteiger partial charge in [0.2, 0.25) is 0 Å². The highest BCUT2D eigenvalue weighted by Crippen LogP contribution is 2.37. The average molecular weight is 517 g/mol. The summed E-state index contributed by atoms with van der Waals surface area (Å²) in [5.41, 5.74) is 10.8. The normalized spacial score (nSPS) is 10.7. The zero-order valence-corrected chi connectivity index (χ0v) is 22.7. The number of hydrogen-bond donors (Lipinski definition) is 0. The monoisotopic (exact) mass is 516 g/mol. The molecule has 6 aromatic carbocycles. The van der Waals surface area contributed by atoms with Gasteiger partial charge in [-0.15, -0.1) is 0 Å². The van der Waals surface area contributed by atoms with Gasteiger partial charge >= 0.3 is 0 Å². The molecule has 2 heteroatoms. The van der Waals surface area contributed by atoms with E-state index in [1.165, 1.54) is 22.3 Å². The van der Waals surface area contributed by atoms with E-state index in [0.29, 0.717) is 0 Å². The lowest BCUT2D eigenvalue weighted by Crippen LogP contribution is -2.12. The number of nitrogens with zero attached hydrogens (tertiary/aromatic N) is 2. The first-order valence-electron chi connectivity index (χ1n) is 13.7. The molecule has 0 aliphatic carbocycles. The van der Waals surface area contributed by atoms with Gasteiger partial charge in [0.1, 0.15) is 0 Å². The third kappa shape index (κ3) is 5.67. The zero-order chi connectivity index (χ0) is 27.1. The molecule has 0 N–H and O–H groups in total. The largest absolute Gasteiger partial charge is 0.345 e. The highest BCUT2D eigenvalue weighted by Gasteiger charge is 2.14. The van der Waals surface area contributed by atoms with Gasteiger partial charge in [-0.25, -0.2) is 0 Å². The first-order chi connectivity index (χ1) is 19.7. The SMILES string of the molecule is CN(c1ccc(-c2cccc(Cc3ccccc3)c2)cc1)c1cccc(N(c2ccccc2)c2ccccc2)c1. The van der Waals surface area contributed by atoms with Crippen molar-refractivity contribution >= 4 is 28.4 Å². The summed E-state index contributed by atoms with van der Waals surface area (Å²) in [5.74, 6) is 0. The molecular formula is C38H32N2. The van der Waals surface area contributed by atoms with E-state index in [2.05, 4.69) is 181 Å². The maximum absolute atomic E-state index is 2.30. The first kappa shape index (κ1) is 25.2. The molecule has 194 valence electrons. The van der Waals surface area contributed by atoms with Gasteiger partial charge in [-0.2, -0.15) is 0 Å². The Bertz CT molecular complexity index is 1620. The topological polar surface area (TPSA) is 6.48 Å². The van der Waals surface area contributed by atoms with Gasteiger partial charge in [0.05, 0.1) is 0 Å². The fourth-order valence-electron chi connectivity index (χ4n) is 5.16. The van der Waals surface area contributed by atoms with Crippen molar-refractivity contribution in [2.24, 2.45) is 0 Å². The molecule has 0 saturated carbocycles. The maximum Gasteiger partial charge on any atom is 0.0482 e. The fraction of sp³-hybridized carbons (Fsp3) is 0.0526.